The molecule has 2 aromatic heterocycles. The molecule has 2 aromatic rings. The van der Waals surface area contributed by atoms with E-state index in [9.17, 15) is 4.79 Å². The number of rotatable bonds is 5. The van der Waals surface area contributed by atoms with Gasteiger partial charge in [-0.15, -0.1) is 0 Å². The Bertz CT molecular complexity index is 783. The molecule has 0 aliphatic carbocycles. The fourth-order valence-electron chi connectivity index (χ4n) is 4.81. The highest BCUT2D eigenvalue weighted by atomic mass is 16.2. The molecule has 4 rings (SSSR count). The van der Waals surface area contributed by atoms with Crippen LogP contribution in [-0.2, 0) is 24.8 Å². The van der Waals surface area contributed by atoms with E-state index < -0.39 is 0 Å². The molecule has 7 heteroatoms. The SMILES string of the molecule is Cc1nn(C)cc1CN1CCC[C@]2(CCC(=O)N(CCc3cnc[nH]3)C2)C1. The molecule has 0 unspecified atom stereocenters. The van der Waals surface area contributed by atoms with Gasteiger partial charge in [0.1, 0.15) is 0 Å². The maximum atomic E-state index is 12.5. The summed E-state index contributed by atoms with van der Waals surface area (Å²) in [5.74, 6) is 0.306. The number of amides is 1. The van der Waals surface area contributed by atoms with Gasteiger partial charge in [0.25, 0.3) is 0 Å². The molecule has 7 nitrogen and oxygen atoms in total. The third-order valence-electron chi connectivity index (χ3n) is 6.20. The zero-order valence-electron chi connectivity index (χ0n) is 16.4. The number of carbonyl (C=O) groups excluding carboxylic acids is 1. The third kappa shape index (κ3) is 4.08. The topological polar surface area (TPSA) is 70.1 Å². The summed E-state index contributed by atoms with van der Waals surface area (Å²) in [6.45, 7) is 6.94. The number of nitrogens with zero attached hydrogens (tertiary/aromatic N) is 5. The van der Waals surface area contributed by atoms with Gasteiger partial charge in [-0.1, -0.05) is 0 Å². The van der Waals surface area contributed by atoms with E-state index in [1.165, 1.54) is 18.4 Å². The highest BCUT2D eigenvalue weighted by Gasteiger charge is 2.41. The first kappa shape index (κ1) is 18.2. The number of piperidine rings is 2. The number of aromatic nitrogens is 4. The number of imidazole rings is 1. The maximum Gasteiger partial charge on any atom is 0.222 e. The van der Waals surface area contributed by atoms with Crippen molar-refractivity contribution in [1.82, 2.24) is 29.5 Å². The van der Waals surface area contributed by atoms with Gasteiger partial charge in [-0.2, -0.15) is 5.10 Å². The number of aromatic amines is 1. The van der Waals surface area contributed by atoms with Gasteiger partial charge in [0.2, 0.25) is 5.91 Å². The van der Waals surface area contributed by atoms with Gasteiger partial charge in [0, 0.05) is 75.1 Å². The van der Waals surface area contributed by atoms with Crippen LogP contribution in [0, 0.1) is 12.3 Å². The van der Waals surface area contributed by atoms with Crippen LogP contribution in [0.15, 0.2) is 18.7 Å². The second kappa shape index (κ2) is 7.46. The van der Waals surface area contributed by atoms with E-state index in [0.29, 0.717) is 12.3 Å². The van der Waals surface area contributed by atoms with Crippen molar-refractivity contribution < 1.29 is 4.79 Å². The molecule has 2 aliphatic heterocycles. The van der Waals surface area contributed by atoms with Crippen molar-refractivity contribution in [3.63, 3.8) is 0 Å². The molecule has 2 aliphatic rings. The van der Waals surface area contributed by atoms with E-state index in [2.05, 4.69) is 38.0 Å². The second-order valence-corrected chi connectivity index (χ2v) is 8.37. The highest BCUT2D eigenvalue weighted by Crippen LogP contribution is 2.39. The zero-order chi connectivity index (χ0) is 18.9. The first-order valence-corrected chi connectivity index (χ1v) is 10.00. The molecular weight excluding hydrogens is 340 g/mol. The van der Waals surface area contributed by atoms with Crippen LogP contribution in [0.25, 0.3) is 0 Å². The summed E-state index contributed by atoms with van der Waals surface area (Å²) in [5, 5.41) is 4.48. The van der Waals surface area contributed by atoms with Crippen molar-refractivity contribution in [1.29, 1.82) is 0 Å². The molecule has 0 aromatic carbocycles. The molecule has 0 bridgehead atoms. The second-order valence-electron chi connectivity index (χ2n) is 8.37. The Kier molecular flexibility index (Phi) is 5.04. The Morgan fingerprint density at radius 1 is 1.30 bits per heavy atom. The minimum atomic E-state index is 0.246. The van der Waals surface area contributed by atoms with Crippen molar-refractivity contribution in [2.45, 2.75) is 45.6 Å². The van der Waals surface area contributed by atoms with E-state index in [0.717, 1.165) is 57.0 Å². The summed E-state index contributed by atoms with van der Waals surface area (Å²) in [4.78, 5) is 24.3. The van der Waals surface area contributed by atoms with Gasteiger partial charge in [-0.05, 0) is 32.7 Å². The molecule has 1 spiro atoms. The van der Waals surface area contributed by atoms with Crippen LogP contribution in [0.1, 0.15) is 42.6 Å². The van der Waals surface area contributed by atoms with Crippen LogP contribution in [0.4, 0.5) is 0 Å². The van der Waals surface area contributed by atoms with Crippen LogP contribution in [0.5, 0.6) is 0 Å². The number of carbonyl (C=O) groups is 1. The first-order valence-electron chi connectivity index (χ1n) is 10.00. The average molecular weight is 371 g/mol. The Morgan fingerprint density at radius 3 is 2.93 bits per heavy atom. The van der Waals surface area contributed by atoms with E-state index in [4.69, 9.17) is 0 Å². The van der Waals surface area contributed by atoms with Crippen molar-refractivity contribution in [2.24, 2.45) is 12.5 Å². The van der Waals surface area contributed by atoms with Crippen LogP contribution < -0.4 is 0 Å². The molecule has 1 atom stereocenters. The molecule has 1 amide bonds. The molecule has 1 N–H and O–H groups in total. The zero-order valence-corrected chi connectivity index (χ0v) is 16.4. The maximum absolute atomic E-state index is 12.5. The summed E-state index contributed by atoms with van der Waals surface area (Å²) in [6, 6.07) is 0. The van der Waals surface area contributed by atoms with Gasteiger partial charge in [0.15, 0.2) is 0 Å². The molecule has 0 radical (unpaired) electrons. The van der Waals surface area contributed by atoms with E-state index >= 15 is 0 Å². The average Bonchev–Trinajstić information content (AvgIpc) is 3.26. The number of hydrogen-bond donors (Lipinski definition) is 1. The monoisotopic (exact) mass is 370 g/mol. The number of H-pyrrole nitrogens is 1. The van der Waals surface area contributed by atoms with Gasteiger partial charge in [-0.25, -0.2) is 4.98 Å². The summed E-state index contributed by atoms with van der Waals surface area (Å²) in [5.41, 5.74) is 3.78. The predicted molar refractivity (Wildman–Crippen MR) is 103 cm³/mol. The fraction of sp³-hybridized carbons (Fsp3) is 0.650. The quantitative estimate of drug-likeness (QED) is 0.873. The van der Waals surface area contributed by atoms with Crippen LogP contribution >= 0.6 is 0 Å². The normalized spacial score (nSPS) is 24.1. The summed E-state index contributed by atoms with van der Waals surface area (Å²) < 4.78 is 1.90. The van der Waals surface area contributed by atoms with Crippen LogP contribution in [-0.4, -0.2) is 61.6 Å². The Hall–Kier alpha value is -2.15. The number of hydrogen-bond acceptors (Lipinski definition) is 4. The van der Waals surface area contributed by atoms with Gasteiger partial charge < -0.3 is 9.88 Å². The number of nitrogens with one attached hydrogen (secondary N) is 1. The minimum absolute atomic E-state index is 0.246. The number of likely N-dealkylation sites (tertiary alicyclic amines) is 2. The van der Waals surface area contributed by atoms with Gasteiger partial charge in [0.05, 0.1) is 12.0 Å². The van der Waals surface area contributed by atoms with E-state index in [1.54, 1.807) is 6.33 Å². The molecule has 0 saturated carbocycles. The van der Waals surface area contributed by atoms with E-state index in [-0.39, 0.29) is 5.41 Å². The summed E-state index contributed by atoms with van der Waals surface area (Å²) in [6.07, 6.45) is 10.7. The minimum Gasteiger partial charge on any atom is -0.348 e. The lowest BCUT2D eigenvalue weighted by Crippen LogP contribution is -2.54. The molecule has 146 valence electrons. The molecule has 2 saturated heterocycles. The lowest BCUT2D eigenvalue weighted by atomic mass is 9.73. The van der Waals surface area contributed by atoms with E-state index in [1.807, 2.05) is 17.9 Å². The van der Waals surface area contributed by atoms with Crippen LogP contribution in [0.2, 0.25) is 0 Å². The van der Waals surface area contributed by atoms with Gasteiger partial charge in [-0.3, -0.25) is 14.4 Å². The van der Waals surface area contributed by atoms with Crippen molar-refractivity contribution in [3.8, 4) is 0 Å². The lowest BCUT2D eigenvalue weighted by molar-refractivity contribution is -0.139. The lowest BCUT2D eigenvalue weighted by Gasteiger charge is -2.48. The Morgan fingerprint density at radius 2 is 2.19 bits per heavy atom. The molecule has 2 fully saturated rings. The number of aryl methyl sites for hydroxylation is 2. The standard InChI is InChI=1S/C20H30N6O/c1-16-17(11-24(2)23-16)12-25-8-3-6-20(13-25)7-4-19(27)26(14-20)9-5-18-10-21-15-22-18/h10-11,15H,3-9,12-14H2,1-2H3,(H,21,22)/t20-/m0/s1. The van der Waals surface area contributed by atoms with Crippen molar-refractivity contribution in [2.75, 3.05) is 26.2 Å². The Balaban J connectivity index is 1.40. The van der Waals surface area contributed by atoms with Gasteiger partial charge >= 0.3 is 0 Å². The predicted octanol–water partition coefficient (Wildman–Crippen LogP) is 1.90. The van der Waals surface area contributed by atoms with Crippen molar-refractivity contribution >= 4 is 5.91 Å². The largest absolute Gasteiger partial charge is 0.348 e. The summed E-state index contributed by atoms with van der Waals surface area (Å²) in [7, 11) is 1.98. The smallest absolute Gasteiger partial charge is 0.222 e. The third-order valence-corrected chi connectivity index (χ3v) is 6.20. The van der Waals surface area contributed by atoms with Crippen LogP contribution in [0.3, 0.4) is 0 Å². The van der Waals surface area contributed by atoms with Crippen molar-refractivity contribution in [3.05, 3.63) is 35.7 Å². The first-order chi connectivity index (χ1) is 13.0. The molecule has 27 heavy (non-hydrogen) atoms. The summed E-state index contributed by atoms with van der Waals surface area (Å²) >= 11 is 0. The highest BCUT2D eigenvalue weighted by molar-refractivity contribution is 5.77. The fourth-order valence-corrected chi connectivity index (χ4v) is 4.81. The Labute approximate surface area is 160 Å². The molecule has 4 heterocycles. The molecular formula is C20H30N6O.